The summed E-state index contributed by atoms with van der Waals surface area (Å²) >= 11 is 3.25. The van der Waals surface area contributed by atoms with Crippen LogP contribution in [0, 0.1) is 11.7 Å². The first kappa shape index (κ1) is 11.9. The molecule has 1 heterocycles. The average Bonchev–Trinajstić information content (AvgIpc) is 2.27. The van der Waals surface area contributed by atoms with Crippen molar-refractivity contribution in [2.75, 3.05) is 13.1 Å². The first-order chi connectivity index (χ1) is 7.66. The Hall–Kier alpha value is -0.610. The Bertz CT molecular complexity index is 378. The predicted molar refractivity (Wildman–Crippen MR) is 65.1 cm³/mol. The smallest absolute Gasteiger partial charge is 0.166 e. The summed E-state index contributed by atoms with van der Waals surface area (Å²) in [5, 5.41) is 13.0. The molecule has 0 radical (unpaired) electrons. The maximum Gasteiger partial charge on any atom is 0.166 e. The summed E-state index contributed by atoms with van der Waals surface area (Å²) in [5.41, 5.74) is 0.695. The van der Waals surface area contributed by atoms with E-state index < -0.39 is 5.82 Å². The number of piperidine rings is 1. The molecule has 0 amide bonds. The van der Waals surface area contributed by atoms with E-state index in [9.17, 15) is 9.50 Å². The van der Waals surface area contributed by atoms with E-state index in [0.29, 0.717) is 16.0 Å². The number of phenolic OH excluding ortho intramolecular Hbond substituents is 1. The average molecular weight is 288 g/mol. The monoisotopic (exact) mass is 287 g/mol. The molecular formula is C12H15BrFNO. The van der Waals surface area contributed by atoms with Crippen LogP contribution >= 0.6 is 15.9 Å². The molecule has 2 rings (SSSR count). The van der Waals surface area contributed by atoms with Gasteiger partial charge in [-0.25, -0.2) is 4.39 Å². The minimum Gasteiger partial charge on any atom is -0.505 e. The Kier molecular flexibility index (Phi) is 3.82. The number of hydrogen-bond acceptors (Lipinski definition) is 2. The lowest BCUT2D eigenvalue weighted by Gasteiger charge is -2.23. The Morgan fingerprint density at radius 3 is 3.00 bits per heavy atom. The van der Waals surface area contributed by atoms with Gasteiger partial charge in [0, 0.05) is 4.47 Å². The molecule has 1 aliphatic heterocycles. The van der Waals surface area contributed by atoms with Crippen LogP contribution in [0.2, 0.25) is 0 Å². The largest absolute Gasteiger partial charge is 0.505 e. The number of nitrogens with one attached hydrogen (secondary N) is 1. The van der Waals surface area contributed by atoms with Crippen LogP contribution in [0.4, 0.5) is 4.39 Å². The summed E-state index contributed by atoms with van der Waals surface area (Å²) in [6.07, 6.45) is 3.03. The maximum atomic E-state index is 13.3. The van der Waals surface area contributed by atoms with Crippen LogP contribution < -0.4 is 5.32 Å². The normalized spacial score (nSPS) is 21.0. The van der Waals surface area contributed by atoms with Gasteiger partial charge in [-0.05, 0) is 56.0 Å². The van der Waals surface area contributed by atoms with E-state index >= 15 is 0 Å². The molecule has 0 aliphatic carbocycles. The first-order valence-corrected chi connectivity index (χ1v) is 6.33. The van der Waals surface area contributed by atoms with Gasteiger partial charge in [0.05, 0.1) is 0 Å². The summed E-state index contributed by atoms with van der Waals surface area (Å²) in [6, 6.07) is 3.09. The van der Waals surface area contributed by atoms with Crippen LogP contribution in [-0.4, -0.2) is 18.2 Å². The van der Waals surface area contributed by atoms with Crippen molar-refractivity contribution in [2.45, 2.75) is 19.3 Å². The molecule has 1 unspecified atom stereocenters. The van der Waals surface area contributed by atoms with Gasteiger partial charge in [-0.3, -0.25) is 0 Å². The minimum absolute atomic E-state index is 0.200. The van der Waals surface area contributed by atoms with Crippen LogP contribution in [0.25, 0.3) is 0 Å². The fourth-order valence-corrected chi connectivity index (χ4v) is 2.66. The molecule has 1 fully saturated rings. The van der Waals surface area contributed by atoms with Crippen molar-refractivity contribution < 1.29 is 9.50 Å². The molecule has 4 heteroatoms. The predicted octanol–water partition coefficient (Wildman–Crippen LogP) is 2.84. The molecule has 0 spiro atoms. The molecule has 88 valence electrons. The zero-order valence-corrected chi connectivity index (χ0v) is 10.6. The molecule has 1 aliphatic rings. The fraction of sp³-hybridized carbons (Fsp3) is 0.500. The van der Waals surface area contributed by atoms with E-state index in [1.54, 1.807) is 6.07 Å². The number of rotatable bonds is 2. The SMILES string of the molecule is Oc1c(F)cc(Br)cc1CC1CCCNC1. The number of hydrogen-bond donors (Lipinski definition) is 2. The summed E-state index contributed by atoms with van der Waals surface area (Å²) in [6.45, 7) is 2.02. The molecule has 16 heavy (non-hydrogen) atoms. The lowest BCUT2D eigenvalue weighted by Crippen LogP contribution is -2.30. The number of benzene rings is 1. The third kappa shape index (κ3) is 2.74. The summed E-state index contributed by atoms with van der Waals surface area (Å²) in [4.78, 5) is 0. The lowest BCUT2D eigenvalue weighted by molar-refractivity contribution is 0.365. The van der Waals surface area contributed by atoms with E-state index in [4.69, 9.17) is 0 Å². The molecule has 0 bridgehead atoms. The second-order valence-corrected chi connectivity index (χ2v) is 5.23. The molecule has 0 aromatic heterocycles. The van der Waals surface area contributed by atoms with E-state index in [1.807, 2.05) is 0 Å². The van der Waals surface area contributed by atoms with Gasteiger partial charge >= 0.3 is 0 Å². The summed E-state index contributed by atoms with van der Waals surface area (Å²) in [7, 11) is 0. The van der Waals surface area contributed by atoms with Crippen molar-refractivity contribution in [1.29, 1.82) is 0 Å². The van der Waals surface area contributed by atoms with Crippen molar-refractivity contribution in [2.24, 2.45) is 5.92 Å². The lowest BCUT2D eigenvalue weighted by atomic mass is 9.92. The van der Waals surface area contributed by atoms with Gasteiger partial charge in [0.1, 0.15) is 0 Å². The molecule has 1 aromatic carbocycles. The van der Waals surface area contributed by atoms with Gasteiger partial charge in [-0.2, -0.15) is 0 Å². The van der Waals surface area contributed by atoms with Gasteiger partial charge in [0.15, 0.2) is 11.6 Å². The Balaban J connectivity index is 2.13. The van der Waals surface area contributed by atoms with Gasteiger partial charge in [-0.1, -0.05) is 15.9 Å². The third-order valence-corrected chi connectivity index (χ3v) is 3.47. The summed E-state index contributed by atoms with van der Waals surface area (Å²) < 4.78 is 14.0. The van der Waals surface area contributed by atoms with Gasteiger partial charge in [-0.15, -0.1) is 0 Å². The van der Waals surface area contributed by atoms with Gasteiger partial charge in [0.25, 0.3) is 0 Å². The van der Waals surface area contributed by atoms with Crippen molar-refractivity contribution in [3.63, 3.8) is 0 Å². The van der Waals surface area contributed by atoms with Crippen molar-refractivity contribution in [3.8, 4) is 5.75 Å². The number of phenols is 1. The molecular weight excluding hydrogens is 273 g/mol. The fourth-order valence-electron chi connectivity index (χ4n) is 2.18. The second kappa shape index (κ2) is 5.15. The maximum absolute atomic E-state index is 13.3. The van der Waals surface area contributed by atoms with Crippen LogP contribution in [0.3, 0.4) is 0 Å². The molecule has 1 aromatic rings. The zero-order chi connectivity index (χ0) is 11.5. The van der Waals surface area contributed by atoms with Crippen LogP contribution in [0.5, 0.6) is 5.75 Å². The highest BCUT2D eigenvalue weighted by Crippen LogP contribution is 2.29. The van der Waals surface area contributed by atoms with Crippen LogP contribution in [0.1, 0.15) is 18.4 Å². The highest BCUT2D eigenvalue weighted by molar-refractivity contribution is 9.10. The molecule has 1 atom stereocenters. The molecule has 0 saturated carbocycles. The minimum atomic E-state index is -0.548. The van der Waals surface area contributed by atoms with Gasteiger partial charge < -0.3 is 10.4 Å². The van der Waals surface area contributed by atoms with E-state index in [-0.39, 0.29) is 5.75 Å². The van der Waals surface area contributed by atoms with E-state index in [0.717, 1.165) is 32.4 Å². The quantitative estimate of drug-likeness (QED) is 0.877. The Labute approximate surface area is 103 Å². The topological polar surface area (TPSA) is 32.3 Å². The summed E-state index contributed by atoms with van der Waals surface area (Å²) in [5.74, 6) is -0.254. The standard InChI is InChI=1S/C12H15BrFNO/c13-10-5-9(12(16)11(14)6-10)4-8-2-1-3-15-7-8/h5-6,8,15-16H,1-4,7H2. The van der Waals surface area contributed by atoms with Crippen molar-refractivity contribution >= 4 is 15.9 Å². The van der Waals surface area contributed by atoms with Crippen molar-refractivity contribution in [3.05, 3.63) is 28.0 Å². The van der Waals surface area contributed by atoms with Gasteiger partial charge in [0.2, 0.25) is 0 Å². The van der Waals surface area contributed by atoms with Crippen LogP contribution in [-0.2, 0) is 6.42 Å². The highest BCUT2D eigenvalue weighted by atomic mass is 79.9. The highest BCUT2D eigenvalue weighted by Gasteiger charge is 2.17. The first-order valence-electron chi connectivity index (χ1n) is 5.54. The van der Waals surface area contributed by atoms with E-state index in [2.05, 4.69) is 21.2 Å². The second-order valence-electron chi connectivity index (χ2n) is 4.31. The molecule has 1 saturated heterocycles. The zero-order valence-electron chi connectivity index (χ0n) is 8.97. The van der Waals surface area contributed by atoms with Crippen molar-refractivity contribution in [1.82, 2.24) is 5.32 Å². The third-order valence-electron chi connectivity index (χ3n) is 3.01. The number of aromatic hydroxyl groups is 1. The molecule has 2 nitrogen and oxygen atoms in total. The Morgan fingerprint density at radius 2 is 2.31 bits per heavy atom. The molecule has 2 N–H and O–H groups in total. The van der Waals surface area contributed by atoms with Crippen LogP contribution in [0.15, 0.2) is 16.6 Å². The Morgan fingerprint density at radius 1 is 1.50 bits per heavy atom. The number of halogens is 2. The van der Waals surface area contributed by atoms with E-state index in [1.165, 1.54) is 6.07 Å².